The van der Waals surface area contributed by atoms with Crippen LogP contribution < -0.4 is 11.1 Å². The smallest absolute Gasteiger partial charge is 0.244 e. The minimum atomic E-state index is -3.55. The van der Waals surface area contributed by atoms with Crippen molar-refractivity contribution >= 4 is 32.7 Å². The Labute approximate surface area is 129 Å². The predicted molar refractivity (Wildman–Crippen MR) is 88.1 cm³/mol. The summed E-state index contributed by atoms with van der Waals surface area (Å²) in [6.45, 7) is 2.01. The second-order valence-electron chi connectivity index (χ2n) is 4.93. The van der Waals surface area contributed by atoms with Gasteiger partial charge >= 0.3 is 0 Å². The maximum atomic E-state index is 12.2. The maximum absolute atomic E-state index is 12.2. The van der Waals surface area contributed by atoms with E-state index < -0.39 is 10.0 Å². The molecule has 114 valence electrons. The minimum absolute atomic E-state index is 0.0517. The summed E-state index contributed by atoms with van der Waals surface area (Å²) in [6.07, 6.45) is 0. The lowest BCUT2D eigenvalue weighted by atomic mass is 10.1. The van der Waals surface area contributed by atoms with Crippen LogP contribution in [0, 0.1) is 0 Å². The molecule has 5 nitrogen and oxygen atoms in total. The molecule has 7 heteroatoms. The lowest BCUT2D eigenvalue weighted by Gasteiger charge is -2.19. The highest BCUT2D eigenvalue weighted by atomic mass is 32.2. The summed E-state index contributed by atoms with van der Waals surface area (Å²) in [7, 11) is -0.571. The average molecular weight is 325 g/mol. The number of para-hydroxylation sites is 1. The highest BCUT2D eigenvalue weighted by molar-refractivity contribution is 7.89. The Kier molecular flexibility index (Phi) is 4.55. The quantitative estimate of drug-likeness (QED) is 0.829. The van der Waals surface area contributed by atoms with E-state index in [2.05, 4.69) is 5.32 Å². The molecule has 21 heavy (non-hydrogen) atoms. The number of nitrogens with two attached hydrogens (primary N) is 1. The number of rotatable bonds is 5. The number of thiophene rings is 1. The van der Waals surface area contributed by atoms with E-state index in [1.54, 1.807) is 23.5 Å². The molecule has 0 fully saturated rings. The van der Waals surface area contributed by atoms with Crippen molar-refractivity contribution in [3.63, 3.8) is 0 Å². The second-order valence-corrected chi connectivity index (χ2v) is 7.83. The standard InChI is InChI=1S/C14H19N3O2S2/c1-10(11-7-8-20-9-11)16-12-5-4-6-13(14(12)15)21(18,19)17(2)3/h4-10,16H,15H2,1-3H3. The van der Waals surface area contributed by atoms with Gasteiger partial charge < -0.3 is 11.1 Å². The lowest BCUT2D eigenvalue weighted by Crippen LogP contribution is -2.23. The number of hydrogen-bond acceptors (Lipinski definition) is 5. The van der Waals surface area contributed by atoms with Crippen molar-refractivity contribution in [3.8, 4) is 0 Å². The molecule has 0 aliphatic heterocycles. The Bertz CT molecular complexity index is 710. The van der Waals surface area contributed by atoms with E-state index in [0.29, 0.717) is 5.69 Å². The number of sulfonamides is 1. The molecule has 0 aliphatic rings. The molecule has 0 amide bonds. The van der Waals surface area contributed by atoms with Crippen molar-refractivity contribution in [1.29, 1.82) is 0 Å². The van der Waals surface area contributed by atoms with Crippen LogP contribution in [0.1, 0.15) is 18.5 Å². The van der Waals surface area contributed by atoms with Crippen LogP contribution in [0.15, 0.2) is 39.9 Å². The van der Waals surface area contributed by atoms with E-state index in [1.165, 1.54) is 20.2 Å². The largest absolute Gasteiger partial charge is 0.396 e. The summed E-state index contributed by atoms with van der Waals surface area (Å²) in [6, 6.07) is 7.07. The van der Waals surface area contributed by atoms with E-state index >= 15 is 0 Å². The number of hydrogen-bond donors (Lipinski definition) is 2. The average Bonchev–Trinajstić information content (AvgIpc) is 2.94. The van der Waals surface area contributed by atoms with Gasteiger partial charge in [-0.25, -0.2) is 12.7 Å². The zero-order valence-electron chi connectivity index (χ0n) is 12.2. The van der Waals surface area contributed by atoms with E-state index in [4.69, 9.17) is 5.73 Å². The van der Waals surface area contributed by atoms with Gasteiger partial charge in [0.2, 0.25) is 10.0 Å². The molecule has 2 aromatic rings. The molecular formula is C14H19N3O2S2. The van der Waals surface area contributed by atoms with Crippen LogP contribution >= 0.6 is 11.3 Å². The molecule has 1 aromatic heterocycles. The van der Waals surface area contributed by atoms with Gasteiger partial charge in [0.15, 0.2) is 0 Å². The summed E-state index contributed by atoms with van der Waals surface area (Å²) in [4.78, 5) is 0.120. The van der Waals surface area contributed by atoms with Crippen molar-refractivity contribution in [2.45, 2.75) is 17.9 Å². The molecule has 1 atom stereocenters. The van der Waals surface area contributed by atoms with Gasteiger partial charge in [-0.05, 0) is 41.4 Å². The van der Waals surface area contributed by atoms with Crippen molar-refractivity contribution in [3.05, 3.63) is 40.6 Å². The Morgan fingerprint density at radius 2 is 2.00 bits per heavy atom. The summed E-state index contributed by atoms with van der Waals surface area (Å²) in [5, 5.41) is 7.32. The first-order valence-corrected chi connectivity index (χ1v) is 8.82. The molecule has 0 radical (unpaired) electrons. The highest BCUT2D eigenvalue weighted by Crippen LogP contribution is 2.31. The fraction of sp³-hybridized carbons (Fsp3) is 0.286. The topological polar surface area (TPSA) is 75.4 Å². The van der Waals surface area contributed by atoms with Gasteiger partial charge in [0.05, 0.1) is 11.4 Å². The Morgan fingerprint density at radius 1 is 1.29 bits per heavy atom. The second kappa shape index (κ2) is 6.05. The molecule has 1 heterocycles. The van der Waals surface area contributed by atoms with Crippen LogP contribution in [0.4, 0.5) is 11.4 Å². The SMILES string of the molecule is CC(Nc1cccc(S(=O)(=O)N(C)C)c1N)c1ccsc1. The molecule has 1 aromatic carbocycles. The van der Waals surface area contributed by atoms with Gasteiger partial charge in [0.25, 0.3) is 0 Å². The van der Waals surface area contributed by atoms with Crippen molar-refractivity contribution < 1.29 is 8.42 Å². The molecule has 0 spiro atoms. The third kappa shape index (κ3) is 3.20. The van der Waals surface area contributed by atoms with Crippen LogP contribution in [0.25, 0.3) is 0 Å². The van der Waals surface area contributed by atoms with Gasteiger partial charge in [-0.15, -0.1) is 0 Å². The molecule has 0 saturated heterocycles. The normalized spacial score (nSPS) is 13.3. The van der Waals surface area contributed by atoms with Gasteiger partial charge in [0, 0.05) is 20.1 Å². The predicted octanol–water partition coefficient (Wildman–Crippen LogP) is 2.75. The van der Waals surface area contributed by atoms with E-state index in [9.17, 15) is 8.42 Å². The van der Waals surface area contributed by atoms with Crippen LogP contribution in [0.3, 0.4) is 0 Å². The summed E-state index contributed by atoms with van der Waals surface area (Å²) < 4.78 is 25.6. The highest BCUT2D eigenvalue weighted by Gasteiger charge is 2.22. The van der Waals surface area contributed by atoms with Gasteiger partial charge in [-0.1, -0.05) is 6.07 Å². The summed E-state index contributed by atoms with van der Waals surface area (Å²) in [5.41, 5.74) is 8.05. The number of nitrogen functional groups attached to an aromatic ring is 1. The summed E-state index contributed by atoms with van der Waals surface area (Å²) in [5.74, 6) is 0. The minimum Gasteiger partial charge on any atom is -0.396 e. The fourth-order valence-electron chi connectivity index (χ4n) is 1.93. The first kappa shape index (κ1) is 15.8. The number of benzene rings is 1. The van der Waals surface area contributed by atoms with Crippen molar-refractivity contribution in [2.75, 3.05) is 25.1 Å². The van der Waals surface area contributed by atoms with Crippen molar-refractivity contribution in [1.82, 2.24) is 4.31 Å². The van der Waals surface area contributed by atoms with E-state index in [-0.39, 0.29) is 16.6 Å². The first-order chi connectivity index (χ1) is 9.84. The van der Waals surface area contributed by atoms with Crippen LogP contribution in [-0.4, -0.2) is 26.8 Å². The van der Waals surface area contributed by atoms with E-state index in [0.717, 1.165) is 9.87 Å². The monoisotopic (exact) mass is 325 g/mol. The molecule has 2 rings (SSSR count). The molecule has 0 bridgehead atoms. The van der Waals surface area contributed by atoms with Crippen LogP contribution in [0.5, 0.6) is 0 Å². The number of anilines is 2. The van der Waals surface area contributed by atoms with Gasteiger partial charge in [-0.2, -0.15) is 11.3 Å². The van der Waals surface area contributed by atoms with E-state index in [1.807, 2.05) is 23.8 Å². The third-order valence-corrected chi connectivity index (χ3v) is 5.81. The van der Waals surface area contributed by atoms with Crippen molar-refractivity contribution in [2.24, 2.45) is 0 Å². The number of nitrogens with one attached hydrogen (secondary N) is 1. The molecule has 0 aliphatic carbocycles. The molecule has 0 saturated carbocycles. The Balaban J connectivity index is 2.35. The number of nitrogens with zero attached hydrogens (tertiary/aromatic N) is 1. The maximum Gasteiger partial charge on any atom is 0.244 e. The lowest BCUT2D eigenvalue weighted by molar-refractivity contribution is 0.521. The first-order valence-electron chi connectivity index (χ1n) is 6.43. The van der Waals surface area contributed by atoms with Crippen LogP contribution in [0.2, 0.25) is 0 Å². The molecular weight excluding hydrogens is 306 g/mol. The van der Waals surface area contributed by atoms with Gasteiger partial charge in [0.1, 0.15) is 4.90 Å². The zero-order valence-corrected chi connectivity index (χ0v) is 13.8. The summed E-state index contributed by atoms with van der Waals surface area (Å²) >= 11 is 1.62. The molecule has 1 unspecified atom stereocenters. The molecule has 3 N–H and O–H groups in total. The Hall–Kier alpha value is -1.57. The van der Waals surface area contributed by atoms with Gasteiger partial charge in [-0.3, -0.25) is 0 Å². The third-order valence-electron chi connectivity index (χ3n) is 3.24. The fourth-order valence-corrected chi connectivity index (χ4v) is 3.72. The van der Waals surface area contributed by atoms with Crippen LogP contribution in [-0.2, 0) is 10.0 Å². The zero-order chi connectivity index (χ0) is 15.6. The Morgan fingerprint density at radius 3 is 2.57 bits per heavy atom.